The Bertz CT molecular complexity index is 777. The number of carbonyl (C=O) groups excluding carboxylic acids is 1. The predicted molar refractivity (Wildman–Crippen MR) is 113 cm³/mol. The topological polar surface area (TPSA) is 87.7 Å². The molecule has 1 amide bonds. The maximum absolute atomic E-state index is 12.7. The van der Waals surface area contributed by atoms with Crippen LogP contribution in [-0.2, 0) is 14.8 Å². The predicted octanol–water partition coefficient (Wildman–Crippen LogP) is 2.37. The molecule has 0 saturated carbocycles. The smallest absolute Gasteiger partial charge is 0.252 e. The second-order valence-electron chi connectivity index (χ2n) is 7.58. The third kappa shape index (κ3) is 6.25. The van der Waals surface area contributed by atoms with E-state index < -0.39 is 10.0 Å². The number of amides is 1. The maximum Gasteiger partial charge on any atom is 0.252 e. The Labute approximate surface area is 176 Å². The van der Waals surface area contributed by atoms with Crippen LogP contribution in [0, 0.1) is 0 Å². The zero-order valence-electron chi connectivity index (χ0n) is 16.8. The van der Waals surface area contributed by atoms with E-state index in [9.17, 15) is 13.2 Å². The highest BCUT2D eigenvalue weighted by Gasteiger charge is 2.28. The minimum absolute atomic E-state index is 0.0484. The van der Waals surface area contributed by atoms with Crippen molar-refractivity contribution in [2.45, 2.75) is 43.5 Å². The van der Waals surface area contributed by atoms with Crippen molar-refractivity contribution in [1.82, 2.24) is 14.9 Å². The molecule has 0 aromatic heterocycles. The SMILES string of the molecule is COCCNS(=O)(=O)c1ccc(Br)c(C(=O)NCC(C)(C)N2CCCCC2)c1. The monoisotopic (exact) mass is 475 g/mol. The molecule has 1 aliphatic heterocycles. The van der Waals surface area contributed by atoms with Crippen molar-refractivity contribution >= 4 is 31.9 Å². The van der Waals surface area contributed by atoms with Gasteiger partial charge in [-0.1, -0.05) is 6.42 Å². The molecule has 1 aliphatic rings. The number of ether oxygens (including phenoxy) is 1. The first kappa shape index (κ1) is 23.3. The lowest BCUT2D eigenvalue weighted by atomic mass is 9.98. The average Bonchev–Trinajstić information content (AvgIpc) is 2.67. The number of rotatable bonds is 9. The van der Waals surface area contributed by atoms with Crippen LogP contribution in [0.3, 0.4) is 0 Å². The van der Waals surface area contributed by atoms with E-state index in [-0.39, 0.29) is 29.5 Å². The molecule has 0 aliphatic carbocycles. The summed E-state index contributed by atoms with van der Waals surface area (Å²) in [5.74, 6) is -0.300. The van der Waals surface area contributed by atoms with Gasteiger partial charge < -0.3 is 10.1 Å². The van der Waals surface area contributed by atoms with Crippen molar-refractivity contribution in [2.75, 3.05) is 39.9 Å². The fraction of sp³-hybridized carbons (Fsp3) is 0.632. The number of likely N-dealkylation sites (tertiary alicyclic amines) is 1. The number of methoxy groups -OCH3 is 1. The van der Waals surface area contributed by atoms with E-state index in [4.69, 9.17) is 4.74 Å². The number of benzene rings is 1. The summed E-state index contributed by atoms with van der Waals surface area (Å²) < 4.78 is 32.7. The van der Waals surface area contributed by atoms with Gasteiger partial charge in [0.15, 0.2) is 0 Å². The Balaban J connectivity index is 2.08. The molecule has 1 saturated heterocycles. The van der Waals surface area contributed by atoms with Crippen molar-refractivity contribution in [3.8, 4) is 0 Å². The summed E-state index contributed by atoms with van der Waals surface area (Å²) in [5.41, 5.74) is 0.137. The number of nitrogens with zero attached hydrogens (tertiary/aromatic N) is 1. The largest absolute Gasteiger partial charge is 0.383 e. The van der Waals surface area contributed by atoms with Crippen LogP contribution in [-0.4, -0.2) is 64.7 Å². The number of carbonyl (C=O) groups is 1. The van der Waals surface area contributed by atoms with Crippen LogP contribution in [0.2, 0.25) is 0 Å². The van der Waals surface area contributed by atoms with Gasteiger partial charge in [-0.2, -0.15) is 0 Å². The van der Waals surface area contributed by atoms with Crippen LogP contribution in [0.1, 0.15) is 43.5 Å². The molecular weight excluding hydrogens is 446 g/mol. The number of nitrogens with one attached hydrogen (secondary N) is 2. The summed E-state index contributed by atoms with van der Waals surface area (Å²) in [6.07, 6.45) is 3.61. The number of halogens is 1. The zero-order chi connectivity index (χ0) is 20.8. The van der Waals surface area contributed by atoms with Crippen LogP contribution in [0.15, 0.2) is 27.6 Å². The van der Waals surface area contributed by atoms with Crippen LogP contribution in [0.4, 0.5) is 0 Å². The van der Waals surface area contributed by atoms with Gasteiger partial charge in [-0.3, -0.25) is 9.69 Å². The first-order valence-corrected chi connectivity index (χ1v) is 11.8. The lowest BCUT2D eigenvalue weighted by Gasteiger charge is -2.41. The molecule has 0 radical (unpaired) electrons. The van der Waals surface area contributed by atoms with E-state index in [1.807, 2.05) is 0 Å². The Morgan fingerprint density at radius 3 is 2.57 bits per heavy atom. The molecule has 1 aromatic rings. The van der Waals surface area contributed by atoms with Crippen LogP contribution in [0.5, 0.6) is 0 Å². The van der Waals surface area contributed by atoms with Gasteiger partial charge in [0.1, 0.15) is 0 Å². The molecule has 0 bridgehead atoms. The molecule has 0 spiro atoms. The number of hydrogen-bond donors (Lipinski definition) is 2. The third-order valence-corrected chi connectivity index (χ3v) is 7.13. The van der Waals surface area contributed by atoms with Crippen molar-refractivity contribution in [3.05, 3.63) is 28.2 Å². The number of piperidine rings is 1. The fourth-order valence-corrected chi connectivity index (χ4v) is 4.68. The molecule has 1 heterocycles. The van der Waals surface area contributed by atoms with E-state index in [0.717, 1.165) is 13.1 Å². The van der Waals surface area contributed by atoms with Gasteiger partial charge in [-0.15, -0.1) is 0 Å². The number of hydrogen-bond acceptors (Lipinski definition) is 5. The van der Waals surface area contributed by atoms with Crippen molar-refractivity contribution in [3.63, 3.8) is 0 Å². The molecule has 0 unspecified atom stereocenters. The van der Waals surface area contributed by atoms with Gasteiger partial charge in [0.05, 0.1) is 17.1 Å². The van der Waals surface area contributed by atoms with Gasteiger partial charge in [0.25, 0.3) is 5.91 Å². The summed E-state index contributed by atoms with van der Waals surface area (Å²) in [5, 5.41) is 2.96. The van der Waals surface area contributed by atoms with E-state index >= 15 is 0 Å². The quantitative estimate of drug-likeness (QED) is 0.535. The molecule has 1 fully saturated rings. The Morgan fingerprint density at radius 2 is 1.93 bits per heavy atom. The fourth-order valence-electron chi connectivity index (χ4n) is 3.21. The second-order valence-corrected chi connectivity index (χ2v) is 10.2. The molecule has 2 N–H and O–H groups in total. The van der Waals surface area contributed by atoms with Crippen LogP contribution >= 0.6 is 15.9 Å². The first-order chi connectivity index (χ1) is 13.2. The molecule has 158 valence electrons. The highest BCUT2D eigenvalue weighted by Crippen LogP contribution is 2.23. The van der Waals surface area contributed by atoms with Crippen LogP contribution < -0.4 is 10.0 Å². The average molecular weight is 476 g/mol. The van der Waals surface area contributed by atoms with E-state index in [2.05, 4.69) is 44.7 Å². The minimum atomic E-state index is -3.70. The van der Waals surface area contributed by atoms with Crippen molar-refractivity contribution < 1.29 is 17.9 Å². The Morgan fingerprint density at radius 1 is 1.25 bits per heavy atom. The zero-order valence-corrected chi connectivity index (χ0v) is 19.2. The summed E-state index contributed by atoms with van der Waals surface area (Å²) in [7, 11) is -2.20. The summed E-state index contributed by atoms with van der Waals surface area (Å²) in [4.78, 5) is 15.2. The van der Waals surface area contributed by atoms with Crippen LogP contribution in [0.25, 0.3) is 0 Å². The molecule has 0 atom stereocenters. The molecular formula is C19H30BrN3O4S. The van der Waals surface area contributed by atoms with Gasteiger partial charge in [-0.25, -0.2) is 13.1 Å². The standard InChI is InChI=1S/C19H30BrN3O4S/c1-19(2,23-10-5-4-6-11-23)14-21-18(24)16-13-15(7-8-17(16)20)28(25,26)22-9-12-27-3/h7-8,13,22H,4-6,9-12,14H2,1-3H3,(H,21,24). The lowest BCUT2D eigenvalue weighted by Crippen LogP contribution is -2.53. The van der Waals surface area contributed by atoms with Crippen molar-refractivity contribution in [1.29, 1.82) is 0 Å². The highest BCUT2D eigenvalue weighted by molar-refractivity contribution is 9.10. The van der Waals surface area contributed by atoms with Crippen molar-refractivity contribution in [2.24, 2.45) is 0 Å². The van der Waals surface area contributed by atoms with E-state index in [1.165, 1.54) is 38.5 Å². The molecule has 7 nitrogen and oxygen atoms in total. The van der Waals surface area contributed by atoms with Gasteiger partial charge >= 0.3 is 0 Å². The van der Waals surface area contributed by atoms with E-state index in [1.54, 1.807) is 6.07 Å². The van der Waals surface area contributed by atoms with Gasteiger partial charge in [-0.05, 0) is 73.9 Å². The first-order valence-electron chi connectivity index (χ1n) is 9.49. The Hall–Kier alpha value is -1.00. The minimum Gasteiger partial charge on any atom is -0.383 e. The molecule has 9 heteroatoms. The molecule has 1 aromatic carbocycles. The maximum atomic E-state index is 12.7. The highest BCUT2D eigenvalue weighted by atomic mass is 79.9. The second kappa shape index (κ2) is 10.2. The Kier molecular flexibility index (Phi) is 8.44. The third-order valence-electron chi connectivity index (χ3n) is 4.98. The van der Waals surface area contributed by atoms with Gasteiger partial charge in [0, 0.05) is 30.2 Å². The summed E-state index contributed by atoms with van der Waals surface area (Å²) in [6.45, 7) is 7.24. The lowest BCUT2D eigenvalue weighted by molar-refractivity contribution is 0.0797. The van der Waals surface area contributed by atoms with Gasteiger partial charge in [0.2, 0.25) is 10.0 Å². The summed E-state index contributed by atoms with van der Waals surface area (Å²) >= 11 is 3.35. The van der Waals surface area contributed by atoms with E-state index in [0.29, 0.717) is 16.6 Å². The molecule has 28 heavy (non-hydrogen) atoms. The number of sulfonamides is 1. The summed E-state index contributed by atoms with van der Waals surface area (Å²) in [6, 6.07) is 4.44. The normalized spacial score (nSPS) is 16.1. The molecule has 2 rings (SSSR count).